The van der Waals surface area contributed by atoms with E-state index in [1.165, 1.54) is 5.56 Å². The quantitative estimate of drug-likeness (QED) is 0.397. The van der Waals surface area contributed by atoms with E-state index in [9.17, 15) is 0 Å². The molecule has 0 aliphatic carbocycles. The van der Waals surface area contributed by atoms with Crippen molar-refractivity contribution in [3.8, 4) is 11.5 Å². The van der Waals surface area contributed by atoms with E-state index < -0.39 is 0 Å². The molecule has 0 amide bonds. The summed E-state index contributed by atoms with van der Waals surface area (Å²) in [7, 11) is 0. The molecular weight excluding hydrogens is 441 g/mol. The van der Waals surface area contributed by atoms with Gasteiger partial charge in [-0.25, -0.2) is 0 Å². The Labute approximate surface area is 171 Å². The van der Waals surface area contributed by atoms with Gasteiger partial charge >= 0.3 is 0 Å². The van der Waals surface area contributed by atoms with Crippen molar-refractivity contribution in [3.63, 3.8) is 0 Å². The Morgan fingerprint density at radius 1 is 1.12 bits per heavy atom. The van der Waals surface area contributed by atoms with Crippen LogP contribution in [0.3, 0.4) is 0 Å². The number of hydrogen-bond donors (Lipinski definition) is 2. The summed E-state index contributed by atoms with van der Waals surface area (Å²) in [5.41, 5.74) is 9.14. The van der Waals surface area contributed by atoms with Crippen molar-refractivity contribution >= 4 is 41.7 Å². The number of anilines is 1. The van der Waals surface area contributed by atoms with Crippen LogP contribution in [0.1, 0.15) is 17.5 Å². The number of nitrogens with two attached hydrogens (primary N) is 1. The average molecular weight is 465 g/mol. The van der Waals surface area contributed by atoms with Crippen LogP contribution in [0.15, 0.2) is 54.0 Å². The number of rotatable bonds is 5. The zero-order valence-electron chi connectivity index (χ0n) is 14.6. The lowest BCUT2D eigenvalue weighted by atomic mass is 10.1. The molecule has 0 aromatic heterocycles. The summed E-state index contributed by atoms with van der Waals surface area (Å²) < 4.78 is 11.3. The number of guanidine groups is 1. The Kier molecular flexibility index (Phi) is 7.77. The Balaban J connectivity index is 0.00000243. The molecule has 0 spiro atoms. The fourth-order valence-corrected chi connectivity index (χ4v) is 2.55. The Morgan fingerprint density at radius 2 is 1.85 bits per heavy atom. The highest BCUT2D eigenvalue weighted by Gasteiger charge is 2.10. The minimum atomic E-state index is 0. The van der Waals surface area contributed by atoms with E-state index >= 15 is 0 Å². The smallest absolute Gasteiger partial charge is 0.193 e. The van der Waals surface area contributed by atoms with E-state index in [2.05, 4.69) is 29.0 Å². The molecule has 0 fully saturated rings. The first-order valence-electron chi connectivity index (χ1n) is 8.42. The molecule has 0 saturated carbocycles. The van der Waals surface area contributed by atoms with Gasteiger partial charge in [-0.1, -0.05) is 36.9 Å². The molecule has 0 atom stereocenters. The van der Waals surface area contributed by atoms with Crippen molar-refractivity contribution < 1.29 is 9.47 Å². The highest BCUT2D eigenvalue weighted by molar-refractivity contribution is 14.0. The zero-order chi connectivity index (χ0) is 17.5. The van der Waals surface area contributed by atoms with Gasteiger partial charge in [-0.2, -0.15) is 0 Å². The SMILES string of the molecule is C=Cc1ccc(CCN=C(N)Nc2ccc3c(c2)OCCCO3)cc1.I. The average Bonchev–Trinajstić information content (AvgIpc) is 2.87. The number of halogens is 1. The second-order valence-corrected chi connectivity index (χ2v) is 5.80. The van der Waals surface area contributed by atoms with E-state index in [-0.39, 0.29) is 24.0 Å². The number of benzene rings is 2. The standard InChI is InChI=1S/C20H23N3O2.HI/c1-2-15-4-6-16(7-5-15)10-11-22-20(21)23-17-8-9-18-19(14-17)25-13-3-12-24-18;/h2,4-9,14H,1,3,10-13H2,(H3,21,22,23);1H. The van der Waals surface area contributed by atoms with Gasteiger partial charge in [0.2, 0.25) is 0 Å². The van der Waals surface area contributed by atoms with E-state index in [1.54, 1.807) is 0 Å². The van der Waals surface area contributed by atoms with Gasteiger partial charge in [-0.05, 0) is 29.7 Å². The van der Waals surface area contributed by atoms with Gasteiger partial charge in [-0.15, -0.1) is 24.0 Å². The monoisotopic (exact) mass is 465 g/mol. The van der Waals surface area contributed by atoms with Crippen LogP contribution >= 0.6 is 24.0 Å². The fourth-order valence-electron chi connectivity index (χ4n) is 2.55. The molecule has 2 aromatic carbocycles. The normalized spacial score (nSPS) is 13.3. The number of aliphatic imine (C=N–C) groups is 1. The van der Waals surface area contributed by atoms with E-state index in [4.69, 9.17) is 15.2 Å². The molecule has 0 saturated heterocycles. The summed E-state index contributed by atoms with van der Waals surface area (Å²) in [5.74, 6) is 1.89. The van der Waals surface area contributed by atoms with Gasteiger partial charge in [0.1, 0.15) is 0 Å². The van der Waals surface area contributed by atoms with Crippen molar-refractivity contribution in [2.24, 2.45) is 10.7 Å². The third-order valence-corrected chi connectivity index (χ3v) is 3.92. The molecule has 1 aliphatic rings. The lowest BCUT2D eigenvalue weighted by Gasteiger charge is -2.10. The third-order valence-electron chi connectivity index (χ3n) is 3.92. The highest BCUT2D eigenvalue weighted by Crippen LogP contribution is 2.32. The van der Waals surface area contributed by atoms with E-state index in [1.807, 2.05) is 36.4 Å². The molecule has 138 valence electrons. The van der Waals surface area contributed by atoms with Crippen LogP contribution in [0.2, 0.25) is 0 Å². The van der Waals surface area contributed by atoms with Crippen LogP contribution in [0.4, 0.5) is 5.69 Å². The van der Waals surface area contributed by atoms with Crippen LogP contribution in [-0.2, 0) is 6.42 Å². The first kappa shape index (κ1) is 20.1. The minimum absolute atomic E-state index is 0. The number of fused-ring (bicyclic) bond motifs is 1. The van der Waals surface area contributed by atoms with Gasteiger partial charge < -0.3 is 20.5 Å². The highest BCUT2D eigenvalue weighted by atomic mass is 127. The van der Waals surface area contributed by atoms with Gasteiger partial charge in [0.15, 0.2) is 17.5 Å². The van der Waals surface area contributed by atoms with Crippen molar-refractivity contribution in [2.75, 3.05) is 25.1 Å². The summed E-state index contributed by atoms with van der Waals surface area (Å²) in [5, 5.41) is 3.10. The molecule has 0 bridgehead atoms. The van der Waals surface area contributed by atoms with Crippen LogP contribution < -0.4 is 20.5 Å². The third kappa shape index (κ3) is 5.66. The molecule has 5 nitrogen and oxygen atoms in total. The first-order chi connectivity index (χ1) is 12.2. The van der Waals surface area contributed by atoms with Crippen LogP contribution in [0.5, 0.6) is 11.5 Å². The summed E-state index contributed by atoms with van der Waals surface area (Å²) in [6.45, 7) is 5.71. The zero-order valence-corrected chi connectivity index (χ0v) is 16.9. The molecule has 3 rings (SSSR count). The van der Waals surface area contributed by atoms with Crippen molar-refractivity contribution in [3.05, 3.63) is 60.2 Å². The lowest BCUT2D eigenvalue weighted by molar-refractivity contribution is 0.297. The molecule has 3 N–H and O–H groups in total. The van der Waals surface area contributed by atoms with Gasteiger partial charge in [0.05, 0.1) is 13.2 Å². The molecule has 1 aliphatic heterocycles. The predicted molar refractivity (Wildman–Crippen MR) is 118 cm³/mol. The van der Waals surface area contributed by atoms with Gasteiger partial charge in [0.25, 0.3) is 0 Å². The second-order valence-electron chi connectivity index (χ2n) is 5.80. The number of hydrogen-bond acceptors (Lipinski definition) is 3. The predicted octanol–water partition coefficient (Wildman–Crippen LogP) is 4.08. The number of ether oxygens (including phenoxy) is 2. The summed E-state index contributed by atoms with van der Waals surface area (Å²) in [6.07, 6.45) is 3.55. The summed E-state index contributed by atoms with van der Waals surface area (Å²) >= 11 is 0. The molecular formula is C20H24IN3O2. The number of nitrogens with one attached hydrogen (secondary N) is 1. The molecule has 0 radical (unpaired) electrons. The maximum atomic E-state index is 5.98. The van der Waals surface area contributed by atoms with Crippen molar-refractivity contribution in [2.45, 2.75) is 12.8 Å². The molecule has 6 heteroatoms. The largest absolute Gasteiger partial charge is 0.490 e. The van der Waals surface area contributed by atoms with Gasteiger partial charge in [0, 0.05) is 24.7 Å². The fraction of sp³-hybridized carbons (Fsp3) is 0.250. The summed E-state index contributed by atoms with van der Waals surface area (Å²) in [4.78, 5) is 4.38. The van der Waals surface area contributed by atoms with Gasteiger partial charge in [-0.3, -0.25) is 4.99 Å². The van der Waals surface area contributed by atoms with Crippen LogP contribution in [0.25, 0.3) is 6.08 Å². The topological polar surface area (TPSA) is 68.9 Å². The molecule has 2 aromatic rings. The van der Waals surface area contributed by atoms with Crippen LogP contribution in [0, 0.1) is 0 Å². The maximum absolute atomic E-state index is 5.98. The maximum Gasteiger partial charge on any atom is 0.193 e. The van der Waals surface area contributed by atoms with E-state index in [0.29, 0.717) is 25.7 Å². The van der Waals surface area contributed by atoms with Crippen molar-refractivity contribution in [1.82, 2.24) is 0 Å². The summed E-state index contributed by atoms with van der Waals surface area (Å²) in [6, 6.07) is 13.9. The molecule has 1 heterocycles. The molecule has 0 unspecified atom stereocenters. The Bertz CT molecular complexity index is 760. The Hall–Kier alpha value is -2.22. The van der Waals surface area contributed by atoms with Crippen LogP contribution in [-0.4, -0.2) is 25.7 Å². The Morgan fingerprint density at radius 3 is 2.58 bits per heavy atom. The number of nitrogens with zero attached hydrogens (tertiary/aromatic N) is 1. The lowest BCUT2D eigenvalue weighted by Crippen LogP contribution is -2.23. The minimum Gasteiger partial charge on any atom is -0.490 e. The second kappa shape index (κ2) is 10.1. The first-order valence-corrected chi connectivity index (χ1v) is 8.42. The van der Waals surface area contributed by atoms with E-state index in [0.717, 1.165) is 35.6 Å². The van der Waals surface area contributed by atoms with Crippen molar-refractivity contribution in [1.29, 1.82) is 0 Å². The molecule has 26 heavy (non-hydrogen) atoms.